The highest BCUT2D eigenvalue weighted by molar-refractivity contribution is 5.42. The van der Waals surface area contributed by atoms with Crippen LogP contribution in [0.15, 0.2) is 36.5 Å². The molecule has 0 amide bonds. The van der Waals surface area contributed by atoms with Gasteiger partial charge < -0.3 is 19.7 Å². The third-order valence-corrected chi connectivity index (χ3v) is 3.81. The van der Waals surface area contributed by atoms with Crippen molar-refractivity contribution in [1.82, 2.24) is 9.97 Å². The quantitative estimate of drug-likeness (QED) is 0.880. The first kappa shape index (κ1) is 15.6. The fourth-order valence-corrected chi connectivity index (χ4v) is 2.55. The van der Waals surface area contributed by atoms with Gasteiger partial charge >= 0.3 is 0 Å². The molecule has 122 valence electrons. The minimum atomic E-state index is 0.664. The van der Waals surface area contributed by atoms with Gasteiger partial charge in [0.1, 0.15) is 11.6 Å². The molecule has 0 unspecified atom stereocenters. The number of morpholine rings is 1. The lowest BCUT2D eigenvalue weighted by molar-refractivity contribution is 0.122. The van der Waals surface area contributed by atoms with Gasteiger partial charge in [-0.2, -0.15) is 4.98 Å². The molecule has 0 saturated carbocycles. The predicted molar refractivity (Wildman–Crippen MR) is 90.3 cm³/mol. The van der Waals surface area contributed by atoms with E-state index in [-0.39, 0.29) is 0 Å². The monoisotopic (exact) mass is 314 g/mol. The van der Waals surface area contributed by atoms with Gasteiger partial charge in [-0.3, -0.25) is 0 Å². The second-order valence-corrected chi connectivity index (χ2v) is 5.37. The lowest BCUT2D eigenvalue weighted by Gasteiger charge is -2.27. The van der Waals surface area contributed by atoms with Crippen LogP contribution in [0.3, 0.4) is 0 Å². The standard InChI is InChI=1S/C17H22N4O2/c1-22-15-4-2-3-14(13-15)5-7-18-17-19-8-6-16(20-17)21-9-11-23-12-10-21/h2-4,6,8,13H,5,7,9-12H2,1H3,(H,18,19,20). The second kappa shape index (κ2) is 7.78. The first-order valence-corrected chi connectivity index (χ1v) is 7.88. The van der Waals surface area contributed by atoms with E-state index in [0.717, 1.165) is 50.8 Å². The number of nitrogens with one attached hydrogen (secondary N) is 1. The Bertz CT molecular complexity index is 629. The van der Waals surface area contributed by atoms with Gasteiger partial charge in [0.15, 0.2) is 0 Å². The summed E-state index contributed by atoms with van der Waals surface area (Å²) in [5.41, 5.74) is 1.22. The maximum Gasteiger partial charge on any atom is 0.224 e. The molecular formula is C17H22N4O2. The minimum Gasteiger partial charge on any atom is -0.497 e. The SMILES string of the molecule is COc1cccc(CCNc2nccc(N3CCOCC3)n2)c1. The summed E-state index contributed by atoms with van der Waals surface area (Å²) in [6, 6.07) is 10.0. The Labute approximate surface area is 136 Å². The fourth-order valence-electron chi connectivity index (χ4n) is 2.55. The molecule has 3 rings (SSSR count). The molecule has 1 aliphatic rings. The van der Waals surface area contributed by atoms with Gasteiger partial charge in [0.2, 0.25) is 5.95 Å². The first-order valence-electron chi connectivity index (χ1n) is 7.88. The van der Waals surface area contributed by atoms with Crippen LogP contribution in [0.25, 0.3) is 0 Å². The maximum absolute atomic E-state index is 5.37. The van der Waals surface area contributed by atoms with E-state index in [9.17, 15) is 0 Å². The van der Waals surface area contributed by atoms with Gasteiger partial charge in [0.05, 0.1) is 20.3 Å². The Morgan fingerprint density at radius 3 is 2.96 bits per heavy atom. The summed E-state index contributed by atoms with van der Waals surface area (Å²) in [5.74, 6) is 2.50. The molecule has 0 aliphatic carbocycles. The number of hydrogen-bond acceptors (Lipinski definition) is 6. The number of ether oxygens (including phenoxy) is 2. The molecule has 0 spiro atoms. The lowest BCUT2D eigenvalue weighted by atomic mass is 10.1. The van der Waals surface area contributed by atoms with Crippen LogP contribution >= 0.6 is 0 Å². The van der Waals surface area contributed by atoms with Crippen molar-refractivity contribution in [2.45, 2.75) is 6.42 Å². The lowest BCUT2D eigenvalue weighted by Crippen LogP contribution is -2.36. The third kappa shape index (κ3) is 4.32. The Morgan fingerprint density at radius 1 is 1.26 bits per heavy atom. The predicted octanol–water partition coefficient (Wildman–Crippen LogP) is 1.98. The summed E-state index contributed by atoms with van der Waals surface area (Å²) >= 11 is 0. The van der Waals surface area contributed by atoms with Crippen LogP contribution in [0.2, 0.25) is 0 Å². The highest BCUT2D eigenvalue weighted by Gasteiger charge is 2.12. The van der Waals surface area contributed by atoms with E-state index in [2.05, 4.69) is 26.3 Å². The molecule has 1 N–H and O–H groups in total. The van der Waals surface area contributed by atoms with Crippen molar-refractivity contribution in [3.05, 3.63) is 42.1 Å². The summed E-state index contributed by atoms with van der Waals surface area (Å²) in [4.78, 5) is 11.1. The Balaban J connectivity index is 1.55. The molecule has 1 aromatic carbocycles. The molecule has 2 aromatic rings. The molecule has 0 atom stereocenters. The van der Waals surface area contributed by atoms with Gasteiger partial charge in [0.25, 0.3) is 0 Å². The smallest absolute Gasteiger partial charge is 0.224 e. The zero-order valence-electron chi connectivity index (χ0n) is 13.4. The van der Waals surface area contributed by atoms with Crippen LogP contribution in [0.1, 0.15) is 5.56 Å². The number of aromatic nitrogens is 2. The summed E-state index contributed by atoms with van der Waals surface area (Å²) < 4.78 is 10.6. The molecule has 6 nitrogen and oxygen atoms in total. The van der Waals surface area contributed by atoms with Crippen LogP contribution in [-0.4, -0.2) is 49.9 Å². The summed E-state index contributed by atoms with van der Waals surface area (Å²) in [6.45, 7) is 4.03. The van der Waals surface area contributed by atoms with E-state index in [0.29, 0.717) is 5.95 Å². The average molecular weight is 314 g/mol. The van der Waals surface area contributed by atoms with Crippen LogP contribution in [0, 0.1) is 0 Å². The van der Waals surface area contributed by atoms with E-state index < -0.39 is 0 Å². The molecule has 1 fully saturated rings. The molecule has 1 aliphatic heterocycles. The van der Waals surface area contributed by atoms with Crippen LogP contribution in [0.4, 0.5) is 11.8 Å². The molecular weight excluding hydrogens is 292 g/mol. The molecule has 1 saturated heterocycles. The normalized spacial score (nSPS) is 14.6. The topological polar surface area (TPSA) is 59.5 Å². The summed E-state index contributed by atoms with van der Waals surface area (Å²) in [5, 5.41) is 3.29. The average Bonchev–Trinajstić information content (AvgIpc) is 2.63. The third-order valence-electron chi connectivity index (χ3n) is 3.81. The minimum absolute atomic E-state index is 0.664. The molecule has 6 heteroatoms. The van der Waals surface area contributed by atoms with Crippen LogP contribution < -0.4 is 15.0 Å². The van der Waals surface area contributed by atoms with E-state index in [1.807, 2.05) is 24.3 Å². The van der Waals surface area contributed by atoms with E-state index in [4.69, 9.17) is 9.47 Å². The molecule has 2 heterocycles. The second-order valence-electron chi connectivity index (χ2n) is 5.37. The van der Waals surface area contributed by atoms with Crippen molar-refractivity contribution in [3.8, 4) is 5.75 Å². The van der Waals surface area contributed by atoms with Crippen LogP contribution in [-0.2, 0) is 11.2 Å². The number of rotatable bonds is 6. The van der Waals surface area contributed by atoms with Crippen molar-refractivity contribution < 1.29 is 9.47 Å². The molecule has 23 heavy (non-hydrogen) atoms. The van der Waals surface area contributed by atoms with Gasteiger partial charge in [0, 0.05) is 25.8 Å². The van der Waals surface area contributed by atoms with Crippen molar-refractivity contribution in [2.75, 3.05) is 50.2 Å². The zero-order chi connectivity index (χ0) is 15.9. The highest BCUT2D eigenvalue weighted by Crippen LogP contribution is 2.15. The van der Waals surface area contributed by atoms with Crippen molar-refractivity contribution in [3.63, 3.8) is 0 Å². The van der Waals surface area contributed by atoms with Crippen LogP contribution in [0.5, 0.6) is 5.75 Å². The van der Waals surface area contributed by atoms with E-state index in [1.54, 1.807) is 13.3 Å². The van der Waals surface area contributed by atoms with Gasteiger partial charge in [-0.15, -0.1) is 0 Å². The van der Waals surface area contributed by atoms with Crippen molar-refractivity contribution >= 4 is 11.8 Å². The Kier molecular flexibility index (Phi) is 5.26. The highest BCUT2D eigenvalue weighted by atomic mass is 16.5. The fraction of sp³-hybridized carbons (Fsp3) is 0.412. The van der Waals surface area contributed by atoms with Crippen molar-refractivity contribution in [1.29, 1.82) is 0 Å². The maximum atomic E-state index is 5.37. The van der Waals surface area contributed by atoms with E-state index in [1.165, 1.54) is 5.56 Å². The number of anilines is 2. The zero-order valence-corrected chi connectivity index (χ0v) is 13.4. The number of nitrogens with zero attached hydrogens (tertiary/aromatic N) is 3. The number of benzene rings is 1. The molecule has 0 bridgehead atoms. The van der Waals surface area contributed by atoms with Gasteiger partial charge in [-0.1, -0.05) is 12.1 Å². The summed E-state index contributed by atoms with van der Waals surface area (Å²) in [7, 11) is 1.68. The van der Waals surface area contributed by atoms with Gasteiger partial charge in [-0.05, 0) is 30.2 Å². The van der Waals surface area contributed by atoms with Crippen molar-refractivity contribution in [2.24, 2.45) is 0 Å². The summed E-state index contributed by atoms with van der Waals surface area (Å²) in [6.07, 6.45) is 2.69. The number of methoxy groups -OCH3 is 1. The largest absolute Gasteiger partial charge is 0.497 e. The molecule has 1 aromatic heterocycles. The number of hydrogen-bond donors (Lipinski definition) is 1. The Morgan fingerprint density at radius 2 is 2.13 bits per heavy atom. The Hall–Kier alpha value is -2.34. The first-order chi connectivity index (χ1) is 11.3. The van der Waals surface area contributed by atoms with Gasteiger partial charge in [-0.25, -0.2) is 4.98 Å². The van der Waals surface area contributed by atoms with E-state index >= 15 is 0 Å². The molecule has 0 radical (unpaired) electrons.